The zero-order chi connectivity index (χ0) is 16.7. The summed E-state index contributed by atoms with van der Waals surface area (Å²) in [5, 5.41) is 11.7. The van der Waals surface area contributed by atoms with E-state index in [0.29, 0.717) is 19.1 Å². The van der Waals surface area contributed by atoms with E-state index in [9.17, 15) is 9.59 Å². The van der Waals surface area contributed by atoms with Gasteiger partial charge >= 0.3 is 5.97 Å². The molecule has 0 radical (unpaired) electrons. The number of aromatic nitrogens is 1. The third-order valence-electron chi connectivity index (χ3n) is 4.26. The summed E-state index contributed by atoms with van der Waals surface area (Å²) in [4.78, 5) is 26.9. The molecule has 0 bridgehead atoms. The van der Waals surface area contributed by atoms with Crippen LogP contribution in [0.1, 0.15) is 59.9 Å². The highest BCUT2D eigenvalue weighted by Gasteiger charge is 2.25. The Balaban J connectivity index is 1.85. The van der Waals surface area contributed by atoms with Gasteiger partial charge in [-0.25, -0.2) is 4.79 Å². The second-order valence-corrected chi connectivity index (χ2v) is 5.82. The number of carbonyl (C=O) groups is 2. The zero-order valence-electron chi connectivity index (χ0n) is 13.5. The first-order chi connectivity index (χ1) is 11.1. The second-order valence-electron chi connectivity index (χ2n) is 5.82. The number of aromatic carboxylic acids is 1. The summed E-state index contributed by atoms with van der Waals surface area (Å²) in [6.45, 7) is 3.16. The number of carboxylic acids is 1. The van der Waals surface area contributed by atoms with Crippen LogP contribution < -0.4 is 5.32 Å². The highest BCUT2D eigenvalue weighted by Crippen LogP contribution is 2.30. The highest BCUT2D eigenvalue weighted by atomic mass is 16.5. The molecule has 1 unspecified atom stereocenters. The number of carboxylic acid groups (broad SMARTS) is 1. The van der Waals surface area contributed by atoms with E-state index < -0.39 is 5.97 Å². The van der Waals surface area contributed by atoms with E-state index in [-0.39, 0.29) is 23.3 Å². The molecule has 1 amide bonds. The van der Waals surface area contributed by atoms with Gasteiger partial charge in [0, 0.05) is 19.3 Å². The van der Waals surface area contributed by atoms with Gasteiger partial charge in [-0.3, -0.25) is 9.78 Å². The van der Waals surface area contributed by atoms with Crippen LogP contribution in [0, 0.1) is 5.92 Å². The van der Waals surface area contributed by atoms with Crippen molar-refractivity contribution in [2.75, 3.05) is 13.2 Å². The van der Waals surface area contributed by atoms with E-state index in [1.165, 1.54) is 44.0 Å². The molecule has 0 spiro atoms. The van der Waals surface area contributed by atoms with E-state index >= 15 is 0 Å². The van der Waals surface area contributed by atoms with Crippen molar-refractivity contribution in [3.63, 3.8) is 0 Å². The van der Waals surface area contributed by atoms with Crippen LogP contribution >= 0.6 is 0 Å². The summed E-state index contributed by atoms with van der Waals surface area (Å²) in [6.07, 6.45) is 7.18. The Morgan fingerprint density at radius 2 is 2.17 bits per heavy atom. The summed E-state index contributed by atoms with van der Waals surface area (Å²) >= 11 is 0. The van der Waals surface area contributed by atoms with Crippen LogP contribution in [0.4, 0.5) is 0 Å². The largest absolute Gasteiger partial charge is 0.478 e. The molecular formula is C17H24N2O4. The maximum Gasteiger partial charge on any atom is 0.335 e. The average molecular weight is 320 g/mol. The van der Waals surface area contributed by atoms with E-state index in [0.717, 1.165) is 6.42 Å². The Labute approximate surface area is 136 Å². The maximum atomic E-state index is 12.1. The van der Waals surface area contributed by atoms with Gasteiger partial charge in [0.2, 0.25) is 0 Å². The van der Waals surface area contributed by atoms with Crippen LogP contribution in [0.2, 0.25) is 0 Å². The number of hydrogen-bond donors (Lipinski definition) is 2. The summed E-state index contributed by atoms with van der Waals surface area (Å²) in [5.74, 6) is -0.839. The van der Waals surface area contributed by atoms with Gasteiger partial charge < -0.3 is 15.2 Å². The van der Waals surface area contributed by atoms with Crippen LogP contribution in [-0.2, 0) is 4.74 Å². The minimum absolute atomic E-state index is 0.0586. The van der Waals surface area contributed by atoms with E-state index in [2.05, 4.69) is 10.3 Å². The molecule has 0 aromatic carbocycles. The Morgan fingerprint density at radius 3 is 2.83 bits per heavy atom. The van der Waals surface area contributed by atoms with Crippen LogP contribution in [0.15, 0.2) is 18.3 Å². The van der Waals surface area contributed by atoms with Gasteiger partial charge in [-0.1, -0.05) is 12.8 Å². The first kappa shape index (κ1) is 17.4. The van der Waals surface area contributed by atoms with Crippen molar-refractivity contribution in [3.05, 3.63) is 29.6 Å². The summed E-state index contributed by atoms with van der Waals surface area (Å²) in [7, 11) is 0. The SMILES string of the molecule is CCOC(CCNC(=O)c1cc(C(=O)O)ccn1)C1CCCC1. The molecule has 1 saturated carbocycles. The molecule has 2 rings (SSSR count). The molecule has 0 aliphatic heterocycles. The van der Waals surface area contributed by atoms with Crippen molar-refractivity contribution in [1.29, 1.82) is 0 Å². The Bertz CT molecular complexity index is 541. The Kier molecular flexibility index (Phi) is 6.52. The quantitative estimate of drug-likeness (QED) is 0.768. The summed E-state index contributed by atoms with van der Waals surface area (Å²) in [5.41, 5.74) is 0.182. The number of hydrogen-bond acceptors (Lipinski definition) is 4. The molecule has 1 aromatic rings. The van der Waals surface area contributed by atoms with E-state index in [1.54, 1.807) is 0 Å². The van der Waals surface area contributed by atoms with Crippen LogP contribution in [0.5, 0.6) is 0 Å². The normalized spacial score (nSPS) is 16.2. The molecule has 1 aromatic heterocycles. The number of carbonyl (C=O) groups excluding carboxylic acids is 1. The van der Waals surface area contributed by atoms with Gasteiger partial charge in [0.25, 0.3) is 5.91 Å². The van der Waals surface area contributed by atoms with Gasteiger partial charge in [0.05, 0.1) is 11.7 Å². The number of amides is 1. The van der Waals surface area contributed by atoms with E-state index in [4.69, 9.17) is 9.84 Å². The Hall–Kier alpha value is -1.95. The molecule has 1 heterocycles. The molecule has 6 heteroatoms. The van der Waals surface area contributed by atoms with Crippen LogP contribution in [0.25, 0.3) is 0 Å². The topological polar surface area (TPSA) is 88.5 Å². The predicted molar refractivity (Wildman–Crippen MR) is 85.5 cm³/mol. The second kappa shape index (κ2) is 8.62. The number of pyridine rings is 1. The zero-order valence-corrected chi connectivity index (χ0v) is 13.5. The van der Waals surface area contributed by atoms with Gasteiger partial charge in [-0.05, 0) is 44.2 Å². The molecule has 126 valence electrons. The molecule has 1 aliphatic carbocycles. The van der Waals surface area contributed by atoms with Crippen molar-refractivity contribution in [2.45, 2.75) is 45.1 Å². The third kappa shape index (κ3) is 5.03. The number of nitrogens with one attached hydrogen (secondary N) is 1. The lowest BCUT2D eigenvalue weighted by atomic mass is 9.98. The van der Waals surface area contributed by atoms with Gasteiger partial charge in [-0.2, -0.15) is 0 Å². The minimum Gasteiger partial charge on any atom is -0.478 e. The smallest absolute Gasteiger partial charge is 0.335 e. The fourth-order valence-electron chi connectivity index (χ4n) is 3.10. The van der Waals surface area contributed by atoms with Gasteiger partial charge in [0.15, 0.2) is 0 Å². The molecule has 23 heavy (non-hydrogen) atoms. The number of rotatable bonds is 8. The van der Waals surface area contributed by atoms with Crippen molar-refractivity contribution in [3.8, 4) is 0 Å². The monoisotopic (exact) mass is 320 g/mol. The first-order valence-electron chi connectivity index (χ1n) is 8.21. The molecule has 6 nitrogen and oxygen atoms in total. The lowest BCUT2D eigenvalue weighted by molar-refractivity contribution is 0.0163. The fourth-order valence-corrected chi connectivity index (χ4v) is 3.10. The van der Waals surface area contributed by atoms with E-state index in [1.807, 2.05) is 6.92 Å². The first-order valence-corrected chi connectivity index (χ1v) is 8.21. The lowest BCUT2D eigenvalue weighted by Crippen LogP contribution is -2.31. The molecule has 0 saturated heterocycles. The highest BCUT2D eigenvalue weighted by molar-refractivity contribution is 5.95. The minimum atomic E-state index is -1.07. The van der Waals surface area contributed by atoms with Crippen molar-refractivity contribution < 1.29 is 19.4 Å². The summed E-state index contributed by atoms with van der Waals surface area (Å²) in [6, 6.07) is 2.65. The van der Waals surface area contributed by atoms with Crippen molar-refractivity contribution in [1.82, 2.24) is 10.3 Å². The third-order valence-corrected chi connectivity index (χ3v) is 4.26. The van der Waals surface area contributed by atoms with Crippen LogP contribution in [0.3, 0.4) is 0 Å². The number of nitrogens with zero attached hydrogens (tertiary/aromatic N) is 1. The standard InChI is InChI=1S/C17H24N2O4/c1-2-23-15(12-5-3-4-6-12)8-10-19-16(20)14-11-13(17(21)22)7-9-18-14/h7,9,11-12,15H,2-6,8,10H2,1H3,(H,19,20)(H,21,22). The summed E-state index contributed by atoms with van der Waals surface area (Å²) < 4.78 is 5.82. The molecule has 2 N–H and O–H groups in total. The number of ether oxygens (including phenoxy) is 1. The van der Waals surface area contributed by atoms with Gasteiger partial charge in [-0.15, -0.1) is 0 Å². The molecule has 1 atom stereocenters. The van der Waals surface area contributed by atoms with Gasteiger partial charge in [0.1, 0.15) is 5.69 Å². The fraction of sp³-hybridized carbons (Fsp3) is 0.588. The average Bonchev–Trinajstić information content (AvgIpc) is 3.08. The van der Waals surface area contributed by atoms with Crippen LogP contribution in [-0.4, -0.2) is 41.2 Å². The molecule has 1 aliphatic rings. The maximum absolute atomic E-state index is 12.1. The van der Waals surface area contributed by atoms with Crippen molar-refractivity contribution >= 4 is 11.9 Å². The predicted octanol–water partition coefficient (Wildman–Crippen LogP) is 2.50. The Morgan fingerprint density at radius 1 is 1.43 bits per heavy atom. The lowest BCUT2D eigenvalue weighted by Gasteiger charge is -2.23. The molecule has 1 fully saturated rings. The van der Waals surface area contributed by atoms with Crippen molar-refractivity contribution in [2.24, 2.45) is 5.92 Å². The molecular weight excluding hydrogens is 296 g/mol.